The SMILES string of the molecule is CCC.NS. The molecule has 2 heteroatoms. The van der Waals surface area contributed by atoms with Crippen LogP contribution in [0.25, 0.3) is 0 Å². The van der Waals surface area contributed by atoms with Crippen LogP contribution < -0.4 is 5.14 Å². The van der Waals surface area contributed by atoms with E-state index >= 15 is 0 Å². The Balaban J connectivity index is 0. The second kappa shape index (κ2) is 27.5. The molecule has 34 valence electrons. The van der Waals surface area contributed by atoms with Gasteiger partial charge in [-0.15, -0.1) is 12.8 Å². The molecule has 0 aromatic carbocycles. The second-order valence-corrected chi connectivity index (χ2v) is 0.707. The first-order valence-electron chi connectivity index (χ1n) is 1.67. The van der Waals surface area contributed by atoms with Crippen molar-refractivity contribution in [1.82, 2.24) is 0 Å². The number of nitrogens with two attached hydrogens (primary N) is 1. The minimum Gasteiger partial charge on any atom is -0.281 e. The number of hydrogen-bond acceptors (Lipinski definition) is 2. The predicted octanol–water partition coefficient (Wildman–Crippen LogP) is 1.21. The maximum atomic E-state index is 4.19. The lowest BCUT2D eigenvalue weighted by Crippen LogP contribution is -1.49. The molecule has 0 spiro atoms. The van der Waals surface area contributed by atoms with Crippen molar-refractivity contribution in [3.63, 3.8) is 0 Å². The first kappa shape index (κ1) is 9.00. The van der Waals surface area contributed by atoms with Gasteiger partial charge in [-0.25, -0.2) is 0 Å². The maximum absolute atomic E-state index is 4.19. The fourth-order valence-corrected chi connectivity index (χ4v) is 0. The lowest BCUT2D eigenvalue weighted by molar-refractivity contribution is 1.09. The number of rotatable bonds is 0. The van der Waals surface area contributed by atoms with Gasteiger partial charge < -0.3 is 0 Å². The van der Waals surface area contributed by atoms with Crippen LogP contribution in [0.5, 0.6) is 0 Å². The van der Waals surface area contributed by atoms with E-state index in [9.17, 15) is 0 Å². The van der Waals surface area contributed by atoms with Crippen molar-refractivity contribution in [2.75, 3.05) is 0 Å². The summed E-state index contributed by atoms with van der Waals surface area (Å²) in [5, 5.41) is 4.19. The molecule has 0 aliphatic heterocycles. The Kier molecular flexibility index (Phi) is 49.5. The lowest BCUT2D eigenvalue weighted by Gasteiger charge is -1.48. The highest BCUT2D eigenvalue weighted by Crippen LogP contribution is 1.56. The maximum Gasteiger partial charge on any atom is -0.0590 e. The van der Waals surface area contributed by atoms with Crippen LogP contribution in [0.15, 0.2) is 0 Å². The fourth-order valence-electron chi connectivity index (χ4n) is 0. The van der Waals surface area contributed by atoms with Crippen molar-refractivity contribution in [2.24, 2.45) is 5.14 Å². The molecule has 0 heterocycles. The van der Waals surface area contributed by atoms with Gasteiger partial charge in [-0.1, -0.05) is 20.3 Å². The van der Waals surface area contributed by atoms with Gasteiger partial charge in [0.05, 0.1) is 0 Å². The van der Waals surface area contributed by atoms with Crippen LogP contribution in [0, 0.1) is 0 Å². The lowest BCUT2D eigenvalue weighted by atomic mass is 10.6. The molecule has 0 amide bonds. The van der Waals surface area contributed by atoms with Crippen LogP contribution in [-0.4, -0.2) is 0 Å². The zero-order valence-electron chi connectivity index (χ0n) is 3.73. The van der Waals surface area contributed by atoms with Crippen LogP contribution in [0.4, 0.5) is 0 Å². The topological polar surface area (TPSA) is 26.0 Å². The molecule has 0 fully saturated rings. The standard InChI is InChI=1S/C3H8.H3NS/c1-3-2;1-2/h3H2,1-2H3;2H,1H2. The normalized spacial score (nSPS) is 4.80. The van der Waals surface area contributed by atoms with Gasteiger partial charge in [0.25, 0.3) is 0 Å². The molecule has 0 aliphatic carbocycles. The van der Waals surface area contributed by atoms with Gasteiger partial charge in [-0.05, 0) is 0 Å². The highest BCUT2D eigenvalue weighted by Gasteiger charge is 1.35. The summed E-state index contributed by atoms with van der Waals surface area (Å²) in [7, 11) is 0. The zero-order valence-corrected chi connectivity index (χ0v) is 4.63. The molecule has 0 radical (unpaired) electrons. The average Bonchev–Trinajstić information content (AvgIpc) is 1.46. The van der Waals surface area contributed by atoms with Crippen molar-refractivity contribution in [2.45, 2.75) is 20.3 Å². The summed E-state index contributed by atoms with van der Waals surface area (Å²) in [6, 6.07) is 0. The molecule has 1 nitrogen and oxygen atoms in total. The second-order valence-electron chi connectivity index (χ2n) is 0.707. The third-order valence-corrected chi connectivity index (χ3v) is 0. The Morgan fingerprint density at radius 1 is 1.40 bits per heavy atom. The van der Waals surface area contributed by atoms with Crippen molar-refractivity contribution in [3.8, 4) is 0 Å². The molecule has 0 aromatic rings. The molecule has 0 unspecified atom stereocenters. The van der Waals surface area contributed by atoms with E-state index in [2.05, 4.69) is 31.8 Å². The molecule has 0 saturated heterocycles. The molecule has 0 aliphatic rings. The molecular formula is C3H11NS. The summed E-state index contributed by atoms with van der Waals surface area (Å²) >= 11 is 3.03. The monoisotopic (exact) mass is 93.1 g/mol. The van der Waals surface area contributed by atoms with E-state index in [0.29, 0.717) is 0 Å². The minimum atomic E-state index is 1.25. The summed E-state index contributed by atoms with van der Waals surface area (Å²) < 4.78 is 0. The van der Waals surface area contributed by atoms with Gasteiger partial charge in [0.1, 0.15) is 0 Å². The van der Waals surface area contributed by atoms with Crippen LogP contribution in [0.2, 0.25) is 0 Å². The van der Waals surface area contributed by atoms with Crippen molar-refractivity contribution >= 4 is 12.8 Å². The average molecular weight is 93.2 g/mol. The smallest absolute Gasteiger partial charge is 0.0590 e. The largest absolute Gasteiger partial charge is 0.281 e. The van der Waals surface area contributed by atoms with Gasteiger partial charge >= 0.3 is 0 Å². The van der Waals surface area contributed by atoms with Gasteiger partial charge in [-0.3, -0.25) is 5.14 Å². The molecular weight excluding hydrogens is 82.1 g/mol. The predicted molar refractivity (Wildman–Crippen MR) is 29.1 cm³/mol. The van der Waals surface area contributed by atoms with Crippen LogP contribution in [0.1, 0.15) is 20.3 Å². The minimum absolute atomic E-state index is 1.25. The number of hydrogen-bond donors (Lipinski definition) is 2. The van der Waals surface area contributed by atoms with Gasteiger partial charge in [0, 0.05) is 0 Å². The Labute approximate surface area is 39.1 Å². The Morgan fingerprint density at radius 2 is 1.40 bits per heavy atom. The van der Waals surface area contributed by atoms with E-state index in [1.165, 1.54) is 6.42 Å². The van der Waals surface area contributed by atoms with E-state index in [-0.39, 0.29) is 0 Å². The number of thiol groups is 1. The van der Waals surface area contributed by atoms with Crippen molar-refractivity contribution < 1.29 is 0 Å². The van der Waals surface area contributed by atoms with Crippen molar-refractivity contribution in [1.29, 1.82) is 0 Å². The Bertz CT molecular complexity index is 6.85. The molecule has 0 bridgehead atoms. The molecule has 0 atom stereocenters. The van der Waals surface area contributed by atoms with E-state index in [4.69, 9.17) is 0 Å². The molecule has 0 rings (SSSR count). The summed E-state index contributed by atoms with van der Waals surface area (Å²) in [6.45, 7) is 4.25. The van der Waals surface area contributed by atoms with Crippen LogP contribution in [-0.2, 0) is 0 Å². The summed E-state index contributed by atoms with van der Waals surface area (Å²) in [5.74, 6) is 0. The molecule has 0 saturated carbocycles. The summed E-state index contributed by atoms with van der Waals surface area (Å²) in [4.78, 5) is 0. The van der Waals surface area contributed by atoms with E-state index in [0.717, 1.165) is 0 Å². The van der Waals surface area contributed by atoms with Crippen molar-refractivity contribution in [3.05, 3.63) is 0 Å². The van der Waals surface area contributed by atoms with Crippen LogP contribution >= 0.6 is 12.8 Å². The Morgan fingerprint density at radius 3 is 1.40 bits per heavy atom. The van der Waals surface area contributed by atoms with Gasteiger partial charge in [0.2, 0.25) is 0 Å². The highest BCUT2D eigenvalue weighted by atomic mass is 32.1. The summed E-state index contributed by atoms with van der Waals surface area (Å²) in [6.07, 6.45) is 1.25. The highest BCUT2D eigenvalue weighted by molar-refractivity contribution is 7.77. The zero-order chi connectivity index (χ0) is 4.71. The third-order valence-electron chi connectivity index (χ3n) is 0. The molecule has 2 N–H and O–H groups in total. The Hall–Kier alpha value is 0.310. The fraction of sp³-hybridized carbons (Fsp3) is 1.00. The third kappa shape index (κ3) is 239. The summed E-state index contributed by atoms with van der Waals surface area (Å²) in [5.41, 5.74) is 0. The van der Waals surface area contributed by atoms with E-state index < -0.39 is 0 Å². The van der Waals surface area contributed by atoms with Gasteiger partial charge in [-0.2, -0.15) is 0 Å². The van der Waals surface area contributed by atoms with E-state index in [1.54, 1.807) is 0 Å². The van der Waals surface area contributed by atoms with Gasteiger partial charge in [0.15, 0.2) is 0 Å². The molecule has 0 aromatic heterocycles. The quantitative estimate of drug-likeness (QED) is 0.432. The first-order valence-corrected chi connectivity index (χ1v) is 2.19. The van der Waals surface area contributed by atoms with E-state index in [1.807, 2.05) is 0 Å². The first-order chi connectivity index (χ1) is 2.41. The molecule has 5 heavy (non-hydrogen) atoms. The van der Waals surface area contributed by atoms with Crippen LogP contribution in [0.3, 0.4) is 0 Å².